The van der Waals surface area contributed by atoms with Crippen LogP contribution in [-0.2, 0) is 0 Å². The van der Waals surface area contributed by atoms with Crippen molar-refractivity contribution in [2.24, 2.45) is 0 Å². The highest BCUT2D eigenvalue weighted by molar-refractivity contribution is 6.36. The number of aromatic nitrogens is 3. The molecule has 0 fully saturated rings. The molecule has 3 heterocycles. The highest BCUT2D eigenvalue weighted by atomic mass is 16.2. The standard InChI is InChI=1S/C42H26N4O2.C2H6/c47-41-34-15-9-17-38(45-36-16-8-7-14-33(36)35-22-29(19-21-37(35)45)31-24-43-26-44-25-31)40(34)42(48)46(41)39-23-30(27-10-3-1-4-11-27)18-20-32(39)28-12-5-2-6-13-28;1-2/h1-26H;1-2H3. The maximum absolute atomic E-state index is 14.7. The summed E-state index contributed by atoms with van der Waals surface area (Å²) in [6.45, 7) is 4.00. The molecular weight excluding hydrogens is 617 g/mol. The minimum Gasteiger partial charge on any atom is -0.308 e. The lowest BCUT2D eigenvalue weighted by Crippen LogP contribution is -2.30. The number of carbonyl (C=O) groups excluding carboxylic acids is 2. The third-order valence-electron chi connectivity index (χ3n) is 9.13. The number of para-hydroxylation sites is 1. The Hall–Kier alpha value is -6.66. The van der Waals surface area contributed by atoms with Crippen LogP contribution >= 0.6 is 0 Å². The van der Waals surface area contributed by atoms with Crippen molar-refractivity contribution >= 4 is 39.3 Å². The molecule has 0 N–H and O–H groups in total. The Bertz CT molecular complexity index is 2540. The van der Waals surface area contributed by atoms with Crippen molar-refractivity contribution in [3.05, 3.63) is 169 Å². The highest BCUT2D eigenvalue weighted by Crippen LogP contribution is 2.42. The molecule has 0 atom stereocenters. The van der Waals surface area contributed by atoms with Crippen LogP contribution in [0.5, 0.6) is 0 Å². The molecule has 240 valence electrons. The van der Waals surface area contributed by atoms with Crippen LogP contribution in [0.3, 0.4) is 0 Å². The van der Waals surface area contributed by atoms with Crippen LogP contribution in [0, 0.1) is 0 Å². The van der Waals surface area contributed by atoms with Gasteiger partial charge in [0.05, 0.1) is 33.5 Å². The molecule has 1 aliphatic heterocycles. The fraction of sp³-hybridized carbons (Fsp3) is 0.0455. The van der Waals surface area contributed by atoms with E-state index in [1.54, 1.807) is 18.5 Å². The van der Waals surface area contributed by atoms with Gasteiger partial charge in [-0.2, -0.15) is 0 Å². The van der Waals surface area contributed by atoms with Gasteiger partial charge in [-0.05, 0) is 58.7 Å². The van der Waals surface area contributed by atoms with Gasteiger partial charge in [0.25, 0.3) is 11.8 Å². The summed E-state index contributed by atoms with van der Waals surface area (Å²) in [5.74, 6) is -0.691. The van der Waals surface area contributed by atoms with Crippen LogP contribution in [-0.4, -0.2) is 26.3 Å². The number of fused-ring (bicyclic) bond motifs is 4. The SMILES string of the molecule is CC.O=C1c2cccc(-n3c4ccccc4c4cc(-c5cncnc5)ccc43)c2C(=O)N1c1cc(-c2ccccc2)ccc1-c1ccccc1. The van der Waals surface area contributed by atoms with E-state index in [1.807, 2.05) is 123 Å². The minimum absolute atomic E-state index is 0.341. The Morgan fingerprint density at radius 3 is 1.86 bits per heavy atom. The fourth-order valence-electron chi connectivity index (χ4n) is 6.92. The number of benzene rings is 6. The molecule has 0 saturated heterocycles. The Labute approximate surface area is 289 Å². The first-order valence-corrected chi connectivity index (χ1v) is 16.7. The molecule has 0 aliphatic carbocycles. The molecule has 6 heteroatoms. The van der Waals surface area contributed by atoms with Crippen molar-refractivity contribution in [1.82, 2.24) is 14.5 Å². The summed E-state index contributed by atoms with van der Waals surface area (Å²) in [6.07, 6.45) is 5.12. The minimum atomic E-state index is -0.350. The van der Waals surface area contributed by atoms with Crippen LogP contribution in [0.2, 0.25) is 0 Å². The predicted octanol–water partition coefficient (Wildman–Crippen LogP) is 10.4. The number of hydrogen-bond donors (Lipinski definition) is 0. The lowest BCUT2D eigenvalue weighted by molar-refractivity contribution is 0.0926. The molecule has 6 aromatic carbocycles. The van der Waals surface area contributed by atoms with Crippen molar-refractivity contribution < 1.29 is 9.59 Å². The summed E-state index contributed by atoms with van der Waals surface area (Å²) in [5.41, 5.74) is 9.41. The van der Waals surface area contributed by atoms with E-state index >= 15 is 0 Å². The summed E-state index contributed by atoms with van der Waals surface area (Å²) in [7, 11) is 0. The second kappa shape index (κ2) is 12.7. The lowest BCUT2D eigenvalue weighted by atomic mass is 9.97. The summed E-state index contributed by atoms with van der Waals surface area (Å²) in [4.78, 5) is 38.9. The molecule has 1 aliphatic rings. The van der Waals surface area contributed by atoms with Gasteiger partial charge in [0.1, 0.15) is 6.33 Å². The molecular formula is C44H32N4O2. The van der Waals surface area contributed by atoms with E-state index in [9.17, 15) is 9.59 Å². The summed E-state index contributed by atoms with van der Waals surface area (Å²) < 4.78 is 2.10. The van der Waals surface area contributed by atoms with Gasteiger partial charge < -0.3 is 4.57 Å². The fourth-order valence-corrected chi connectivity index (χ4v) is 6.92. The largest absolute Gasteiger partial charge is 0.308 e. The number of rotatable bonds is 5. The monoisotopic (exact) mass is 648 g/mol. The van der Waals surface area contributed by atoms with Gasteiger partial charge in [-0.15, -0.1) is 0 Å². The normalized spacial score (nSPS) is 12.2. The second-order valence-corrected chi connectivity index (χ2v) is 11.8. The Morgan fingerprint density at radius 2 is 1.10 bits per heavy atom. The maximum Gasteiger partial charge on any atom is 0.268 e. The maximum atomic E-state index is 14.7. The number of hydrogen-bond acceptors (Lipinski definition) is 4. The zero-order valence-corrected chi connectivity index (χ0v) is 27.6. The number of anilines is 1. The molecule has 0 saturated carbocycles. The molecule has 50 heavy (non-hydrogen) atoms. The third-order valence-corrected chi connectivity index (χ3v) is 9.13. The number of amides is 2. The van der Waals surface area contributed by atoms with E-state index < -0.39 is 0 Å². The zero-order chi connectivity index (χ0) is 34.2. The molecule has 2 aromatic heterocycles. The Balaban J connectivity index is 0.00000177. The summed E-state index contributed by atoms with van der Waals surface area (Å²) in [5, 5.41) is 2.07. The van der Waals surface area contributed by atoms with Crippen LogP contribution in [0.1, 0.15) is 34.6 Å². The highest BCUT2D eigenvalue weighted by Gasteiger charge is 2.40. The number of imide groups is 1. The van der Waals surface area contributed by atoms with E-state index in [4.69, 9.17) is 0 Å². The second-order valence-electron chi connectivity index (χ2n) is 11.8. The van der Waals surface area contributed by atoms with Gasteiger partial charge in [-0.1, -0.05) is 117 Å². The summed E-state index contributed by atoms with van der Waals surface area (Å²) >= 11 is 0. The molecule has 0 unspecified atom stereocenters. The lowest BCUT2D eigenvalue weighted by Gasteiger charge is -2.20. The predicted molar refractivity (Wildman–Crippen MR) is 202 cm³/mol. The van der Waals surface area contributed by atoms with Crippen molar-refractivity contribution in [2.75, 3.05) is 4.90 Å². The number of carbonyl (C=O) groups is 2. The van der Waals surface area contributed by atoms with E-state index in [1.165, 1.54) is 11.2 Å². The van der Waals surface area contributed by atoms with Gasteiger partial charge in [-0.25, -0.2) is 14.9 Å². The average Bonchev–Trinajstić information content (AvgIpc) is 3.66. The van der Waals surface area contributed by atoms with Crippen molar-refractivity contribution in [2.45, 2.75) is 13.8 Å². The van der Waals surface area contributed by atoms with Crippen molar-refractivity contribution in [3.63, 3.8) is 0 Å². The Kier molecular flexibility index (Phi) is 7.82. The molecule has 9 rings (SSSR count). The van der Waals surface area contributed by atoms with E-state index in [0.717, 1.165) is 55.2 Å². The quantitative estimate of drug-likeness (QED) is 0.174. The van der Waals surface area contributed by atoms with Gasteiger partial charge in [-0.3, -0.25) is 9.59 Å². The first-order chi connectivity index (χ1) is 24.7. The molecule has 0 bridgehead atoms. The topological polar surface area (TPSA) is 68.1 Å². The first-order valence-electron chi connectivity index (χ1n) is 16.7. The summed E-state index contributed by atoms with van der Waals surface area (Å²) in [6, 6.07) is 45.8. The average molecular weight is 649 g/mol. The van der Waals surface area contributed by atoms with E-state index in [0.29, 0.717) is 22.5 Å². The Morgan fingerprint density at radius 1 is 0.460 bits per heavy atom. The first kappa shape index (κ1) is 30.7. The molecule has 0 spiro atoms. The van der Waals surface area contributed by atoms with Crippen molar-refractivity contribution in [1.29, 1.82) is 0 Å². The van der Waals surface area contributed by atoms with Gasteiger partial charge in [0, 0.05) is 34.3 Å². The third kappa shape index (κ3) is 4.97. The van der Waals surface area contributed by atoms with E-state index in [-0.39, 0.29) is 11.8 Å². The smallest absolute Gasteiger partial charge is 0.268 e. The molecule has 2 amide bonds. The van der Waals surface area contributed by atoms with Crippen LogP contribution < -0.4 is 4.90 Å². The van der Waals surface area contributed by atoms with Crippen LogP contribution in [0.25, 0.3) is 60.9 Å². The van der Waals surface area contributed by atoms with Crippen LogP contribution in [0.15, 0.2) is 158 Å². The van der Waals surface area contributed by atoms with Crippen molar-refractivity contribution in [3.8, 4) is 39.1 Å². The van der Waals surface area contributed by atoms with Gasteiger partial charge in [0.2, 0.25) is 0 Å². The molecule has 8 aromatic rings. The molecule has 0 radical (unpaired) electrons. The van der Waals surface area contributed by atoms with Crippen LogP contribution in [0.4, 0.5) is 5.69 Å². The number of nitrogens with zero attached hydrogens (tertiary/aromatic N) is 4. The van der Waals surface area contributed by atoms with E-state index in [2.05, 4.69) is 38.8 Å². The zero-order valence-electron chi connectivity index (χ0n) is 27.6. The molecule has 6 nitrogen and oxygen atoms in total. The van der Waals surface area contributed by atoms with Gasteiger partial charge >= 0.3 is 0 Å². The van der Waals surface area contributed by atoms with Gasteiger partial charge in [0.15, 0.2) is 0 Å².